The summed E-state index contributed by atoms with van der Waals surface area (Å²) < 4.78 is 1.15. The molecule has 1 aromatic rings. The van der Waals surface area contributed by atoms with E-state index in [2.05, 4.69) is 65.9 Å². The summed E-state index contributed by atoms with van der Waals surface area (Å²) in [5, 5.41) is 0. The highest BCUT2D eigenvalue weighted by molar-refractivity contribution is 9.10. The zero-order chi connectivity index (χ0) is 10.6. The van der Waals surface area contributed by atoms with Crippen LogP contribution in [0.5, 0.6) is 0 Å². The second-order valence-corrected chi connectivity index (χ2v) is 4.36. The van der Waals surface area contributed by atoms with Crippen LogP contribution in [0.4, 0.5) is 0 Å². The van der Waals surface area contributed by atoms with E-state index in [1.165, 1.54) is 5.56 Å². The first-order chi connectivity index (χ1) is 6.69. The normalized spacial score (nSPS) is 13.2. The lowest BCUT2D eigenvalue weighted by Crippen LogP contribution is -2.26. The molecule has 1 aromatic carbocycles. The first kappa shape index (κ1) is 11.7. The van der Waals surface area contributed by atoms with Crippen LogP contribution in [0.15, 0.2) is 28.7 Å². The summed E-state index contributed by atoms with van der Waals surface area (Å²) in [4.78, 5) is 2.45. The minimum atomic E-state index is 0.512. The molecule has 0 saturated heterocycles. The third-order valence-corrected chi connectivity index (χ3v) is 3.24. The lowest BCUT2D eigenvalue weighted by Gasteiger charge is -2.26. The summed E-state index contributed by atoms with van der Waals surface area (Å²) in [5.74, 6) is 0. The minimum absolute atomic E-state index is 0.512. The van der Waals surface area contributed by atoms with Gasteiger partial charge in [0.1, 0.15) is 0 Å². The molecule has 0 bridgehead atoms. The quantitative estimate of drug-likeness (QED) is 0.790. The standard InChI is InChI=1S/C12H18BrN/c1-4-14(5-2)10(3)11-6-8-12(13)9-7-11/h6-10H,4-5H2,1-3H3/t10-/m0/s1. The van der Waals surface area contributed by atoms with Gasteiger partial charge < -0.3 is 0 Å². The second kappa shape index (κ2) is 5.52. The van der Waals surface area contributed by atoms with Crippen molar-refractivity contribution in [1.29, 1.82) is 0 Å². The molecule has 0 aliphatic heterocycles. The van der Waals surface area contributed by atoms with Crippen LogP contribution in [0.25, 0.3) is 0 Å². The van der Waals surface area contributed by atoms with Crippen molar-refractivity contribution < 1.29 is 0 Å². The van der Waals surface area contributed by atoms with Crippen LogP contribution in [0.2, 0.25) is 0 Å². The molecule has 0 spiro atoms. The van der Waals surface area contributed by atoms with Crippen LogP contribution in [-0.4, -0.2) is 18.0 Å². The van der Waals surface area contributed by atoms with Gasteiger partial charge in [-0.25, -0.2) is 0 Å². The summed E-state index contributed by atoms with van der Waals surface area (Å²) in [7, 11) is 0. The SMILES string of the molecule is CCN(CC)[C@@H](C)c1ccc(Br)cc1. The topological polar surface area (TPSA) is 3.24 Å². The smallest absolute Gasteiger partial charge is 0.0319 e. The third-order valence-electron chi connectivity index (χ3n) is 2.71. The fourth-order valence-electron chi connectivity index (χ4n) is 1.72. The van der Waals surface area contributed by atoms with Crippen molar-refractivity contribution in [2.75, 3.05) is 13.1 Å². The van der Waals surface area contributed by atoms with Crippen molar-refractivity contribution in [3.05, 3.63) is 34.3 Å². The maximum Gasteiger partial charge on any atom is 0.0319 e. The Morgan fingerprint density at radius 3 is 2.07 bits per heavy atom. The van der Waals surface area contributed by atoms with Crippen molar-refractivity contribution in [3.63, 3.8) is 0 Å². The number of rotatable bonds is 4. The third kappa shape index (κ3) is 2.82. The van der Waals surface area contributed by atoms with E-state index in [0.717, 1.165) is 17.6 Å². The fourth-order valence-corrected chi connectivity index (χ4v) is 1.99. The first-order valence-corrected chi connectivity index (χ1v) is 5.97. The van der Waals surface area contributed by atoms with Gasteiger partial charge in [0.2, 0.25) is 0 Å². The van der Waals surface area contributed by atoms with Crippen molar-refractivity contribution in [3.8, 4) is 0 Å². The molecule has 14 heavy (non-hydrogen) atoms. The van der Waals surface area contributed by atoms with Gasteiger partial charge in [-0.05, 0) is 37.7 Å². The van der Waals surface area contributed by atoms with E-state index in [9.17, 15) is 0 Å². The van der Waals surface area contributed by atoms with E-state index < -0.39 is 0 Å². The Balaban J connectivity index is 2.77. The molecule has 0 amide bonds. The molecular formula is C12H18BrN. The minimum Gasteiger partial charge on any atom is -0.297 e. The van der Waals surface area contributed by atoms with Crippen LogP contribution < -0.4 is 0 Å². The predicted molar refractivity (Wildman–Crippen MR) is 65.5 cm³/mol. The van der Waals surface area contributed by atoms with Gasteiger partial charge in [-0.15, -0.1) is 0 Å². The number of nitrogens with zero attached hydrogens (tertiary/aromatic N) is 1. The first-order valence-electron chi connectivity index (χ1n) is 5.18. The Hall–Kier alpha value is -0.340. The molecule has 0 heterocycles. The number of benzene rings is 1. The number of hydrogen-bond acceptors (Lipinski definition) is 1. The number of hydrogen-bond donors (Lipinski definition) is 0. The Labute approximate surface area is 95.2 Å². The molecule has 0 saturated carbocycles. The summed E-state index contributed by atoms with van der Waals surface area (Å²) in [6, 6.07) is 9.10. The molecular weight excluding hydrogens is 238 g/mol. The Morgan fingerprint density at radius 2 is 1.64 bits per heavy atom. The van der Waals surface area contributed by atoms with Crippen LogP contribution in [0.1, 0.15) is 32.4 Å². The van der Waals surface area contributed by atoms with Gasteiger partial charge in [-0.3, -0.25) is 4.90 Å². The molecule has 0 fully saturated rings. The van der Waals surface area contributed by atoms with E-state index >= 15 is 0 Å². The molecule has 78 valence electrons. The average Bonchev–Trinajstić information content (AvgIpc) is 2.20. The molecule has 0 aliphatic rings. The van der Waals surface area contributed by atoms with Crippen LogP contribution >= 0.6 is 15.9 Å². The van der Waals surface area contributed by atoms with Crippen molar-refractivity contribution in [2.24, 2.45) is 0 Å². The molecule has 1 rings (SSSR count). The Bertz CT molecular complexity index is 264. The largest absolute Gasteiger partial charge is 0.297 e. The summed E-state index contributed by atoms with van der Waals surface area (Å²) in [6.07, 6.45) is 0. The van der Waals surface area contributed by atoms with Crippen molar-refractivity contribution in [1.82, 2.24) is 4.90 Å². The molecule has 0 unspecified atom stereocenters. The van der Waals surface area contributed by atoms with Gasteiger partial charge in [-0.1, -0.05) is 41.9 Å². The van der Waals surface area contributed by atoms with E-state index in [-0.39, 0.29) is 0 Å². The van der Waals surface area contributed by atoms with Crippen LogP contribution in [0.3, 0.4) is 0 Å². The lowest BCUT2D eigenvalue weighted by molar-refractivity contribution is 0.234. The highest BCUT2D eigenvalue weighted by Crippen LogP contribution is 2.21. The zero-order valence-electron chi connectivity index (χ0n) is 9.13. The molecule has 1 nitrogen and oxygen atoms in total. The molecule has 0 N–H and O–H groups in total. The summed E-state index contributed by atoms with van der Waals surface area (Å²) in [6.45, 7) is 8.88. The van der Waals surface area contributed by atoms with Crippen LogP contribution in [0, 0.1) is 0 Å². The highest BCUT2D eigenvalue weighted by atomic mass is 79.9. The maximum absolute atomic E-state index is 3.45. The molecule has 2 heteroatoms. The molecule has 0 aliphatic carbocycles. The summed E-state index contributed by atoms with van der Waals surface area (Å²) >= 11 is 3.45. The Morgan fingerprint density at radius 1 is 1.14 bits per heavy atom. The van der Waals surface area contributed by atoms with Crippen LogP contribution in [-0.2, 0) is 0 Å². The van der Waals surface area contributed by atoms with Gasteiger partial charge in [-0.2, -0.15) is 0 Å². The van der Waals surface area contributed by atoms with E-state index in [4.69, 9.17) is 0 Å². The molecule has 1 atom stereocenters. The maximum atomic E-state index is 3.45. The molecule has 0 aromatic heterocycles. The molecule has 0 radical (unpaired) electrons. The lowest BCUT2D eigenvalue weighted by atomic mass is 10.1. The average molecular weight is 256 g/mol. The highest BCUT2D eigenvalue weighted by Gasteiger charge is 2.11. The van der Waals surface area contributed by atoms with E-state index in [1.54, 1.807) is 0 Å². The van der Waals surface area contributed by atoms with Gasteiger partial charge in [0.05, 0.1) is 0 Å². The zero-order valence-corrected chi connectivity index (χ0v) is 10.7. The van der Waals surface area contributed by atoms with Gasteiger partial charge >= 0.3 is 0 Å². The predicted octanol–water partition coefficient (Wildman–Crippen LogP) is 3.85. The number of halogens is 1. The van der Waals surface area contributed by atoms with E-state index in [1.807, 2.05) is 0 Å². The fraction of sp³-hybridized carbons (Fsp3) is 0.500. The van der Waals surface area contributed by atoms with Crippen molar-refractivity contribution in [2.45, 2.75) is 26.8 Å². The summed E-state index contributed by atoms with van der Waals surface area (Å²) in [5.41, 5.74) is 1.39. The van der Waals surface area contributed by atoms with Crippen molar-refractivity contribution >= 4 is 15.9 Å². The van der Waals surface area contributed by atoms with E-state index in [0.29, 0.717) is 6.04 Å². The Kier molecular flexibility index (Phi) is 4.63. The van der Waals surface area contributed by atoms with Gasteiger partial charge in [0, 0.05) is 10.5 Å². The van der Waals surface area contributed by atoms with Gasteiger partial charge in [0.15, 0.2) is 0 Å². The monoisotopic (exact) mass is 255 g/mol. The van der Waals surface area contributed by atoms with Gasteiger partial charge in [0.25, 0.3) is 0 Å². The second-order valence-electron chi connectivity index (χ2n) is 3.45.